The molecule has 1 unspecified atom stereocenters. The molecule has 0 saturated carbocycles. The van der Waals surface area contributed by atoms with E-state index in [1.807, 2.05) is 44.2 Å². The predicted octanol–water partition coefficient (Wildman–Crippen LogP) is 4.53. The second-order valence-electron chi connectivity index (χ2n) is 4.82. The monoisotopic (exact) mass is 334 g/mol. The molecule has 1 aromatic heterocycles. The van der Waals surface area contributed by atoms with Crippen molar-refractivity contribution in [1.82, 2.24) is 4.98 Å². The fourth-order valence-corrected chi connectivity index (χ4v) is 2.41. The van der Waals surface area contributed by atoms with Gasteiger partial charge < -0.3 is 10.5 Å². The van der Waals surface area contributed by atoms with Crippen molar-refractivity contribution in [3.8, 4) is 11.5 Å². The van der Waals surface area contributed by atoms with Gasteiger partial charge in [0.15, 0.2) is 0 Å². The zero-order valence-corrected chi connectivity index (χ0v) is 13.6. The SMILES string of the molecule is CCc1nc(C)ccc1Oc1ccc(Br)cc1C(C)N. The molecule has 1 heterocycles. The van der Waals surface area contributed by atoms with Gasteiger partial charge in [-0.2, -0.15) is 0 Å². The van der Waals surface area contributed by atoms with Gasteiger partial charge in [0.25, 0.3) is 0 Å². The summed E-state index contributed by atoms with van der Waals surface area (Å²) in [5.74, 6) is 1.57. The second kappa shape index (κ2) is 6.37. The maximum absolute atomic E-state index is 6.04. The highest BCUT2D eigenvalue weighted by Gasteiger charge is 2.12. The van der Waals surface area contributed by atoms with E-state index in [1.54, 1.807) is 0 Å². The number of hydrogen-bond acceptors (Lipinski definition) is 3. The first-order valence-electron chi connectivity index (χ1n) is 6.70. The van der Waals surface area contributed by atoms with Gasteiger partial charge in [-0.3, -0.25) is 4.98 Å². The van der Waals surface area contributed by atoms with E-state index in [0.29, 0.717) is 0 Å². The molecule has 0 aliphatic carbocycles. The number of benzene rings is 1. The zero-order chi connectivity index (χ0) is 14.7. The lowest BCUT2D eigenvalue weighted by atomic mass is 10.1. The Labute approximate surface area is 128 Å². The van der Waals surface area contributed by atoms with E-state index in [4.69, 9.17) is 10.5 Å². The summed E-state index contributed by atoms with van der Waals surface area (Å²) in [7, 11) is 0. The van der Waals surface area contributed by atoms with Crippen molar-refractivity contribution in [2.75, 3.05) is 0 Å². The number of rotatable bonds is 4. The van der Waals surface area contributed by atoms with Gasteiger partial charge in [0.2, 0.25) is 0 Å². The number of ether oxygens (including phenoxy) is 1. The molecule has 0 radical (unpaired) electrons. The maximum atomic E-state index is 6.04. The molecule has 0 amide bonds. The lowest BCUT2D eigenvalue weighted by Gasteiger charge is -2.16. The molecule has 20 heavy (non-hydrogen) atoms. The van der Waals surface area contributed by atoms with Crippen LogP contribution in [-0.4, -0.2) is 4.98 Å². The molecular formula is C16H19BrN2O. The summed E-state index contributed by atoms with van der Waals surface area (Å²) < 4.78 is 7.03. The number of hydrogen-bond donors (Lipinski definition) is 1. The van der Waals surface area contributed by atoms with Gasteiger partial charge in [-0.25, -0.2) is 0 Å². The van der Waals surface area contributed by atoms with Crippen molar-refractivity contribution in [1.29, 1.82) is 0 Å². The van der Waals surface area contributed by atoms with Crippen LogP contribution in [0.15, 0.2) is 34.8 Å². The van der Waals surface area contributed by atoms with Gasteiger partial charge in [-0.15, -0.1) is 0 Å². The standard InChI is InChI=1S/C16H19BrN2O/c1-4-14-16(7-5-10(2)19-14)20-15-8-6-12(17)9-13(15)11(3)18/h5-9,11H,4,18H2,1-3H3. The summed E-state index contributed by atoms with van der Waals surface area (Å²) in [5, 5.41) is 0. The first-order chi connectivity index (χ1) is 9.51. The summed E-state index contributed by atoms with van der Waals surface area (Å²) >= 11 is 3.46. The Bertz CT molecular complexity index is 611. The van der Waals surface area contributed by atoms with Crippen LogP contribution < -0.4 is 10.5 Å². The third-order valence-corrected chi connectivity index (χ3v) is 3.58. The van der Waals surface area contributed by atoms with E-state index in [-0.39, 0.29) is 6.04 Å². The Kier molecular flexibility index (Phi) is 4.78. The van der Waals surface area contributed by atoms with Crippen LogP contribution >= 0.6 is 15.9 Å². The Morgan fingerprint density at radius 2 is 1.95 bits per heavy atom. The normalized spacial score (nSPS) is 12.2. The van der Waals surface area contributed by atoms with Crippen LogP contribution in [0.5, 0.6) is 11.5 Å². The van der Waals surface area contributed by atoms with Gasteiger partial charge in [0, 0.05) is 21.8 Å². The molecule has 0 aliphatic heterocycles. The Balaban J connectivity index is 2.39. The summed E-state index contributed by atoms with van der Waals surface area (Å²) in [4.78, 5) is 4.51. The van der Waals surface area contributed by atoms with Crippen LogP contribution in [0.2, 0.25) is 0 Å². The number of aryl methyl sites for hydroxylation is 2. The fraction of sp³-hybridized carbons (Fsp3) is 0.312. The van der Waals surface area contributed by atoms with Crippen LogP contribution in [0.4, 0.5) is 0 Å². The average molecular weight is 335 g/mol. The number of nitrogens with zero attached hydrogens (tertiary/aromatic N) is 1. The van der Waals surface area contributed by atoms with Gasteiger partial charge in [0.1, 0.15) is 11.5 Å². The number of nitrogens with two attached hydrogens (primary N) is 1. The Morgan fingerprint density at radius 1 is 1.25 bits per heavy atom. The minimum atomic E-state index is -0.0917. The van der Waals surface area contributed by atoms with E-state index >= 15 is 0 Å². The Hall–Kier alpha value is -1.39. The highest BCUT2D eigenvalue weighted by molar-refractivity contribution is 9.10. The number of aromatic nitrogens is 1. The highest BCUT2D eigenvalue weighted by Crippen LogP contribution is 2.32. The van der Waals surface area contributed by atoms with Crippen molar-refractivity contribution < 1.29 is 4.74 Å². The average Bonchev–Trinajstić information content (AvgIpc) is 2.42. The molecule has 106 valence electrons. The maximum Gasteiger partial charge on any atom is 0.148 e. The van der Waals surface area contributed by atoms with Crippen molar-refractivity contribution >= 4 is 15.9 Å². The number of pyridine rings is 1. The molecule has 0 fully saturated rings. The van der Waals surface area contributed by atoms with Crippen LogP contribution in [0.1, 0.15) is 36.8 Å². The molecule has 1 atom stereocenters. The van der Waals surface area contributed by atoms with E-state index < -0.39 is 0 Å². The predicted molar refractivity (Wildman–Crippen MR) is 85.2 cm³/mol. The Morgan fingerprint density at radius 3 is 2.60 bits per heavy atom. The quantitative estimate of drug-likeness (QED) is 0.893. The molecule has 0 spiro atoms. The minimum Gasteiger partial charge on any atom is -0.455 e. The van der Waals surface area contributed by atoms with E-state index in [0.717, 1.165) is 39.3 Å². The van der Waals surface area contributed by atoms with Gasteiger partial charge in [-0.1, -0.05) is 22.9 Å². The van der Waals surface area contributed by atoms with Gasteiger partial charge in [-0.05, 0) is 50.6 Å². The highest BCUT2D eigenvalue weighted by atomic mass is 79.9. The molecule has 0 saturated heterocycles. The van der Waals surface area contributed by atoms with Crippen molar-refractivity contribution in [2.24, 2.45) is 5.73 Å². The van der Waals surface area contributed by atoms with Gasteiger partial charge >= 0.3 is 0 Å². The largest absolute Gasteiger partial charge is 0.455 e. The van der Waals surface area contributed by atoms with E-state index in [1.165, 1.54) is 0 Å². The molecule has 2 rings (SSSR count). The molecule has 0 bridgehead atoms. The van der Waals surface area contributed by atoms with E-state index in [9.17, 15) is 0 Å². The summed E-state index contributed by atoms with van der Waals surface area (Å²) in [5.41, 5.74) is 8.95. The first kappa shape index (κ1) is 15.0. The molecule has 3 nitrogen and oxygen atoms in total. The topological polar surface area (TPSA) is 48.1 Å². The molecule has 2 N–H and O–H groups in total. The minimum absolute atomic E-state index is 0.0917. The third kappa shape index (κ3) is 3.38. The molecule has 1 aromatic carbocycles. The first-order valence-corrected chi connectivity index (χ1v) is 7.50. The molecule has 2 aromatic rings. The fourth-order valence-electron chi connectivity index (χ4n) is 2.03. The summed E-state index contributed by atoms with van der Waals surface area (Å²) in [6, 6.07) is 9.71. The third-order valence-electron chi connectivity index (χ3n) is 3.09. The van der Waals surface area contributed by atoms with Crippen LogP contribution in [-0.2, 0) is 6.42 Å². The van der Waals surface area contributed by atoms with Crippen LogP contribution in [0.25, 0.3) is 0 Å². The van der Waals surface area contributed by atoms with Crippen molar-refractivity contribution in [3.05, 3.63) is 51.8 Å². The molecule has 0 aliphatic rings. The molecule has 4 heteroatoms. The van der Waals surface area contributed by atoms with Gasteiger partial charge in [0.05, 0.1) is 5.69 Å². The summed E-state index contributed by atoms with van der Waals surface area (Å²) in [6.45, 7) is 6.00. The lowest BCUT2D eigenvalue weighted by molar-refractivity contribution is 0.463. The molecular weight excluding hydrogens is 316 g/mol. The van der Waals surface area contributed by atoms with Crippen LogP contribution in [0.3, 0.4) is 0 Å². The van der Waals surface area contributed by atoms with E-state index in [2.05, 4.69) is 27.8 Å². The smallest absolute Gasteiger partial charge is 0.148 e. The van der Waals surface area contributed by atoms with Crippen LogP contribution in [0, 0.1) is 6.92 Å². The lowest BCUT2D eigenvalue weighted by Crippen LogP contribution is -2.07. The number of halogens is 1. The summed E-state index contributed by atoms with van der Waals surface area (Å²) in [6.07, 6.45) is 0.834. The van der Waals surface area contributed by atoms with Crippen molar-refractivity contribution in [3.63, 3.8) is 0 Å². The zero-order valence-electron chi connectivity index (χ0n) is 12.0. The van der Waals surface area contributed by atoms with Crippen molar-refractivity contribution in [2.45, 2.75) is 33.2 Å². The second-order valence-corrected chi connectivity index (χ2v) is 5.74.